The minimum atomic E-state index is -0.381. The average Bonchev–Trinajstić information content (AvgIpc) is 3.25. The summed E-state index contributed by atoms with van der Waals surface area (Å²) in [5.74, 6) is 0.0136. The van der Waals surface area contributed by atoms with Gasteiger partial charge < -0.3 is 14.8 Å². The van der Waals surface area contributed by atoms with E-state index in [9.17, 15) is 14.0 Å². The summed E-state index contributed by atoms with van der Waals surface area (Å²) in [6.07, 6.45) is 0. The zero-order chi connectivity index (χ0) is 25.0. The van der Waals surface area contributed by atoms with Crippen LogP contribution in [0.15, 0.2) is 71.5 Å². The number of halogens is 1. The van der Waals surface area contributed by atoms with E-state index >= 15 is 0 Å². The van der Waals surface area contributed by atoms with Gasteiger partial charge in [0.2, 0.25) is 0 Å². The lowest BCUT2D eigenvalue weighted by molar-refractivity contribution is 0.0946. The van der Waals surface area contributed by atoms with Crippen molar-refractivity contribution in [2.24, 2.45) is 0 Å². The summed E-state index contributed by atoms with van der Waals surface area (Å²) in [6, 6.07) is 18.6. The van der Waals surface area contributed by atoms with E-state index in [-0.39, 0.29) is 29.5 Å². The number of benzene rings is 3. The number of pyridine rings is 2. The van der Waals surface area contributed by atoms with E-state index in [4.69, 9.17) is 14.5 Å². The Balaban J connectivity index is 1.63. The maximum absolute atomic E-state index is 13.8. The lowest BCUT2D eigenvalue weighted by Gasteiger charge is -2.13. The maximum Gasteiger partial charge on any atom is 0.270 e. The van der Waals surface area contributed by atoms with Crippen molar-refractivity contribution in [1.29, 1.82) is 0 Å². The second kappa shape index (κ2) is 8.20. The second-order valence-corrected chi connectivity index (χ2v) is 8.44. The molecule has 0 aliphatic carbocycles. The second-order valence-electron chi connectivity index (χ2n) is 8.44. The van der Waals surface area contributed by atoms with E-state index in [1.54, 1.807) is 34.7 Å². The Labute approximate surface area is 204 Å². The number of carbonyl (C=O) groups excluding carboxylic acids is 1. The summed E-state index contributed by atoms with van der Waals surface area (Å²) in [6.45, 7) is 0.218. The lowest BCUT2D eigenvalue weighted by atomic mass is 10.1. The zero-order valence-corrected chi connectivity index (χ0v) is 19.5. The third-order valence-corrected chi connectivity index (χ3v) is 6.47. The molecule has 3 aromatic carbocycles. The van der Waals surface area contributed by atoms with Crippen LogP contribution in [-0.4, -0.2) is 29.5 Å². The number of fused-ring (bicyclic) bond motifs is 5. The predicted molar refractivity (Wildman–Crippen MR) is 136 cm³/mol. The Hall–Kier alpha value is -4.72. The SMILES string of the molecule is COc1ccc2c(c1OC)c(=O)n1c3ccccc3c3cc(C(=O)NCc4ccc(F)cc4)nc2c31. The van der Waals surface area contributed by atoms with Crippen molar-refractivity contribution >= 4 is 44.0 Å². The van der Waals surface area contributed by atoms with E-state index in [0.717, 1.165) is 16.3 Å². The molecule has 0 atom stereocenters. The summed E-state index contributed by atoms with van der Waals surface area (Å²) in [7, 11) is 2.99. The Morgan fingerprint density at radius 2 is 1.75 bits per heavy atom. The standard InChI is InChI=1S/C28H20FN3O4/c1-35-22-12-11-18-23(26(22)36-2)28(34)32-21-6-4-3-5-17(21)19-13-20(31-24(18)25(19)32)27(33)30-14-15-7-9-16(29)10-8-15/h3-13H,14H2,1-2H3,(H,30,33). The van der Waals surface area contributed by atoms with Crippen molar-refractivity contribution in [2.45, 2.75) is 6.54 Å². The van der Waals surface area contributed by atoms with Crippen LogP contribution in [0.3, 0.4) is 0 Å². The zero-order valence-electron chi connectivity index (χ0n) is 19.5. The summed E-state index contributed by atoms with van der Waals surface area (Å²) in [4.78, 5) is 31.7. The van der Waals surface area contributed by atoms with E-state index in [2.05, 4.69) is 5.32 Å². The van der Waals surface area contributed by atoms with Gasteiger partial charge in [-0.05, 0) is 42.0 Å². The number of carbonyl (C=O) groups is 1. The van der Waals surface area contributed by atoms with Gasteiger partial charge in [0.1, 0.15) is 11.5 Å². The molecule has 36 heavy (non-hydrogen) atoms. The van der Waals surface area contributed by atoms with Crippen LogP contribution in [0.4, 0.5) is 4.39 Å². The van der Waals surface area contributed by atoms with Crippen LogP contribution >= 0.6 is 0 Å². The van der Waals surface area contributed by atoms with Gasteiger partial charge in [-0.25, -0.2) is 9.37 Å². The van der Waals surface area contributed by atoms with Crippen LogP contribution in [0.5, 0.6) is 11.5 Å². The van der Waals surface area contributed by atoms with Crippen molar-refractivity contribution in [3.05, 3.63) is 94.2 Å². The van der Waals surface area contributed by atoms with Crippen molar-refractivity contribution < 1.29 is 18.7 Å². The molecule has 1 N–H and O–H groups in total. The minimum absolute atomic E-state index is 0.206. The molecule has 0 fully saturated rings. The number of amides is 1. The number of para-hydroxylation sites is 1. The van der Waals surface area contributed by atoms with Crippen LogP contribution in [0, 0.1) is 5.82 Å². The van der Waals surface area contributed by atoms with Crippen LogP contribution in [0.25, 0.3) is 38.1 Å². The molecular weight excluding hydrogens is 461 g/mol. The van der Waals surface area contributed by atoms with Gasteiger partial charge in [-0.15, -0.1) is 0 Å². The van der Waals surface area contributed by atoms with E-state index in [1.807, 2.05) is 24.3 Å². The van der Waals surface area contributed by atoms with Crippen molar-refractivity contribution in [3.8, 4) is 11.5 Å². The third kappa shape index (κ3) is 3.15. The third-order valence-electron chi connectivity index (χ3n) is 6.47. The first-order chi connectivity index (χ1) is 17.5. The number of nitrogens with zero attached hydrogens (tertiary/aromatic N) is 2. The number of hydrogen-bond donors (Lipinski definition) is 1. The van der Waals surface area contributed by atoms with Crippen LogP contribution in [0.2, 0.25) is 0 Å². The van der Waals surface area contributed by atoms with Crippen molar-refractivity contribution in [1.82, 2.24) is 14.7 Å². The van der Waals surface area contributed by atoms with Crippen LogP contribution in [-0.2, 0) is 6.54 Å². The fraction of sp³-hybridized carbons (Fsp3) is 0.107. The fourth-order valence-electron chi connectivity index (χ4n) is 4.83. The molecular formula is C28H20FN3O4. The van der Waals surface area contributed by atoms with E-state index in [0.29, 0.717) is 38.8 Å². The van der Waals surface area contributed by atoms with Gasteiger partial charge in [0.15, 0.2) is 11.5 Å². The topological polar surface area (TPSA) is 81.9 Å². The number of ether oxygens (including phenoxy) is 2. The molecule has 6 rings (SSSR count). The molecule has 6 aromatic rings. The Kier molecular flexibility index (Phi) is 4.96. The van der Waals surface area contributed by atoms with Gasteiger partial charge >= 0.3 is 0 Å². The number of hydrogen-bond acceptors (Lipinski definition) is 5. The molecule has 0 radical (unpaired) electrons. The molecule has 7 nitrogen and oxygen atoms in total. The highest BCUT2D eigenvalue weighted by molar-refractivity contribution is 6.21. The highest BCUT2D eigenvalue weighted by Crippen LogP contribution is 2.39. The quantitative estimate of drug-likeness (QED) is 0.362. The lowest BCUT2D eigenvalue weighted by Crippen LogP contribution is -2.24. The van der Waals surface area contributed by atoms with Gasteiger partial charge in [-0.1, -0.05) is 30.3 Å². The van der Waals surface area contributed by atoms with Gasteiger partial charge in [-0.2, -0.15) is 0 Å². The summed E-state index contributed by atoms with van der Waals surface area (Å²) < 4.78 is 25.9. The fourth-order valence-corrected chi connectivity index (χ4v) is 4.83. The Bertz CT molecular complexity index is 1860. The van der Waals surface area contributed by atoms with Crippen LogP contribution in [0.1, 0.15) is 16.1 Å². The first kappa shape index (κ1) is 21.8. The Morgan fingerprint density at radius 1 is 0.972 bits per heavy atom. The smallest absolute Gasteiger partial charge is 0.270 e. The number of aromatic nitrogens is 2. The monoisotopic (exact) mass is 481 g/mol. The molecule has 0 saturated heterocycles. The Morgan fingerprint density at radius 3 is 2.50 bits per heavy atom. The van der Waals surface area contributed by atoms with Gasteiger partial charge in [-0.3, -0.25) is 14.0 Å². The molecule has 3 heterocycles. The van der Waals surface area contributed by atoms with E-state index in [1.165, 1.54) is 26.4 Å². The number of methoxy groups -OCH3 is 2. The summed E-state index contributed by atoms with van der Waals surface area (Å²) in [5, 5.41) is 5.31. The molecule has 8 heteroatoms. The number of rotatable bonds is 5. The minimum Gasteiger partial charge on any atom is -0.493 e. The van der Waals surface area contributed by atoms with Gasteiger partial charge in [0, 0.05) is 22.7 Å². The summed E-state index contributed by atoms with van der Waals surface area (Å²) >= 11 is 0. The molecule has 0 saturated carbocycles. The van der Waals surface area contributed by atoms with Crippen molar-refractivity contribution in [3.63, 3.8) is 0 Å². The van der Waals surface area contributed by atoms with Crippen LogP contribution < -0.4 is 20.3 Å². The molecule has 0 spiro atoms. The molecule has 0 unspecified atom stereocenters. The largest absolute Gasteiger partial charge is 0.493 e. The first-order valence-corrected chi connectivity index (χ1v) is 11.3. The highest BCUT2D eigenvalue weighted by atomic mass is 19.1. The predicted octanol–water partition coefficient (Wildman–Crippen LogP) is 4.68. The normalized spacial score (nSPS) is 11.5. The molecule has 178 valence electrons. The molecule has 0 aliphatic rings. The molecule has 3 aromatic heterocycles. The molecule has 1 amide bonds. The average molecular weight is 481 g/mol. The van der Waals surface area contributed by atoms with Gasteiger partial charge in [0.05, 0.1) is 36.2 Å². The molecule has 0 aliphatic heterocycles. The molecule has 0 bridgehead atoms. The number of nitrogens with one attached hydrogen (secondary N) is 1. The highest BCUT2D eigenvalue weighted by Gasteiger charge is 2.24. The first-order valence-electron chi connectivity index (χ1n) is 11.3. The summed E-state index contributed by atoms with van der Waals surface area (Å²) in [5.41, 5.74) is 2.56. The maximum atomic E-state index is 13.8. The van der Waals surface area contributed by atoms with Gasteiger partial charge in [0.25, 0.3) is 11.5 Å². The van der Waals surface area contributed by atoms with E-state index < -0.39 is 0 Å². The van der Waals surface area contributed by atoms with Crippen molar-refractivity contribution in [2.75, 3.05) is 14.2 Å².